The molecule has 0 radical (unpaired) electrons. The lowest BCUT2D eigenvalue weighted by atomic mass is 9.75. The van der Waals surface area contributed by atoms with Crippen LogP contribution in [-0.2, 0) is 14.3 Å². The van der Waals surface area contributed by atoms with E-state index in [1.807, 2.05) is 0 Å². The van der Waals surface area contributed by atoms with E-state index in [2.05, 4.69) is 20.8 Å². The van der Waals surface area contributed by atoms with E-state index in [0.29, 0.717) is 17.9 Å². The first-order valence-electron chi connectivity index (χ1n) is 8.94. The van der Waals surface area contributed by atoms with Crippen LogP contribution < -0.4 is 0 Å². The first-order valence-corrected chi connectivity index (χ1v) is 8.94. The van der Waals surface area contributed by atoms with E-state index in [9.17, 15) is 5.11 Å². The van der Waals surface area contributed by atoms with Gasteiger partial charge in [-0.2, -0.15) is 0 Å². The SMILES string of the molecule is CC(=O)O.CC1CCC(C(C)C)C(OC2CCCC(CO)O2)C1. The van der Waals surface area contributed by atoms with E-state index in [4.69, 9.17) is 19.4 Å². The summed E-state index contributed by atoms with van der Waals surface area (Å²) in [5.41, 5.74) is 0. The Morgan fingerprint density at radius 3 is 2.48 bits per heavy atom. The lowest BCUT2D eigenvalue weighted by Gasteiger charge is -2.40. The second kappa shape index (κ2) is 10.3. The predicted octanol–water partition coefficient (Wildman–Crippen LogP) is 3.44. The fourth-order valence-electron chi connectivity index (χ4n) is 3.56. The lowest BCUT2D eigenvalue weighted by molar-refractivity contribution is -0.237. The van der Waals surface area contributed by atoms with Crippen molar-refractivity contribution in [2.75, 3.05) is 6.61 Å². The van der Waals surface area contributed by atoms with Crippen LogP contribution in [0.3, 0.4) is 0 Å². The Balaban J connectivity index is 0.000000593. The summed E-state index contributed by atoms with van der Waals surface area (Å²) in [6, 6.07) is 0. The quantitative estimate of drug-likeness (QED) is 0.826. The van der Waals surface area contributed by atoms with Crippen molar-refractivity contribution in [1.29, 1.82) is 0 Å². The third-order valence-corrected chi connectivity index (χ3v) is 4.80. The van der Waals surface area contributed by atoms with Gasteiger partial charge in [-0.3, -0.25) is 4.79 Å². The number of carbonyl (C=O) groups is 1. The molecule has 0 aromatic heterocycles. The highest BCUT2D eigenvalue weighted by Gasteiger charge is 2.34. The second-order valence-corrected chi connectivity index (χ2v) is 7.32. The lowest BCUT2D eigenvalue weighted by Crippen LogP contribution is -2.40. The maximum absolute atomic E-state index is 9.22. The van der Waals surface area contributed by atoms with Crippen LogP contribution in [0.5, 0.6) is 0 Å². The molecule has 2 rings (SSSR count). The molecule has 0 bridgehead atoms. The van der Waals surface area contributed by atoms with Gasteiger partial charge in [-0.15, -0.1) is 0 Å². The fraction of sp³-hybridized carbons (Fsp3) is 0.944. The molecule has 5 atom stereocenters. The first-order chi connectivity index (χ1) is 10.8. The van der Waals surface area contributed by atoms with Crippen LogP contribution in [0.2, 0.25) is 0 Å². The van der Waals surface area contributed by atoms with Gasteiger partial charge in [-0.25, -0.2) is 0 Å². The smallest absolute Gasteiger partial charge is 0.300 e. The average Bonchev–Trinajstić information content (AvgIpc) is 2.46. The summed E-state index contributed by atoms with van der Waals surface area (Å²) in [5.74, 6) is 1.27. The van der Waals surface area contributed by atoms with Gasteiger partial charge in [0.25, 0.3) is 5.97 Å². The van der Waals surface area contributed by atoms with Gasteiger partial charge in [0.2, 0.25) is 0 Å². The molecule has 23 heavy (non-hydrogen) atoms. The molecule has 1 aliphatic heterocycles. The standard InChI is InChI=1S/C16H30O3.C2H4O2/c1-11(2)14-8-7-12(3)9-15(14)19-16-6-4-5-13(10-17)18-16;1-2(3)4/h11-17H,4-10H2,1-3H3;1H3,(H,3,4). The Morgan fingerprint density at radius 1 is 1.26 bits per heavy atom. The zero-order valence-electron chi connectivity index (χ0n) is 15.0. The van der Waals surface area contributed by atoms with Gasteiger partial charge in [0.15, 0.2) is 6.29 Å². The molecule has 1 saturated carbocycles. The number of carboxylic acid groups (broad SMARTS) is 1. The molecule has 1 heterocycles. The number of ether oxygens (including phenoxy) is 2. The van der Waals surface area contributed by atoms with Crippen molar-refractivity contribution in [3.63, 3.8) is 0 Å². The summed E-state index contributed by atoms with van der Waals surface area (Å²) in [6.07, 6.45) is 7.03. The largest absolute Gasteiger partial charge is 0.481 e. The van der Waals surface area contributed by atoms with Crippen molar-refractivity contribution in [2.24, 2.45) is 17.8 Å². The maximum Gasteiger partial charge on any atom is 0.300 e. The van der Waals surface area contributed by atoms with Crippen LogP contribution in [-0.4, -0.2) is 41.3 Å². The Bertz CT molecular complexity index is 340. The van der Waals surface area contributed by atoms with E-state index < -0.39 is 5.97 Å². The molecule has 0 amide bonds. The number of carboxylic acids is 1. The molecule has 5 unspecified atom stereocenters. The van der Waals surface area contributed by atoms with Gasteiger partial charge in [0.1, 0.15) is 0 Å². The molecule has 2 N–H and O–H groups in total. The van der Waals surface area contributed by atoms with Crippen molar-refractivity contribution in [2.45, 2.75) is 84.7 Å². The van der Waals surface area contributed by atoms with Gasteiger partial charge < -0.3 is 19.7 Å². The minimum absolute atomic E-state index is 0.0164. The normalized spacial score (nSPS) is 34.6. The zero-order chi connectivity index (χ0) is 17.4. The molecule has 2 aliphatic rings. The van der Waals surface area contributed by atoms with Crippen LogP contribution in [0.25, 0.3) is 0 Å². The van der Waals surface area contributed by atoms with E-state index in [1.54, 1.807) is 0 Å². The van der Waals surface area contributed by atoms with Crippen LogP contribution in [0.1, 0.15) is 66.2 Å². The molecule has 1 aliphatic carbocycles. The zero-order valence-corrected chi connectivity index (χ0v) is 15.0. The van der Waals surface area contributed by atoms with E-state index in [-0.39, 0.29) is 19.0 Å². The van der Waals surface area contributed by atoms with Crippen LogP contribution in [0.15, 0.2) is 0 Å². The van der Waals surface area contributed by atoms with Crippen molar-refractivity contribution in [1.82, 2.24) is 0 Å². The highest BCUT2D eigenvalue weighted by Crippen LogP contribution is 2.37. The number of aliphatic carboxylic acids is 1. The van der Waals surface area contributed by atoms with Gasteiger partial charge >= 0.3 is 0 Å². The summed E-state index contributed by atoms with van der Waals surface area (Å²) in [5, 5.41) is 16.6. The Hall–Kier alpha value is -0.650. The molecule has 5 nitrogen and oxygen atoms in total. The second-order valence-electron chi connectivity index (χ2n) is 7.32. The van der Waals surface area contributed by atoms with Crippen LogP contribution in [0, 0.1) is 17.8 Å². The van der Waals surface area contributed by atoms with Crippen molar-refractivity contribution < 1.29 is 24.5 Å². The molecule has 0 aromatic rings. The van der Waals surface area contributed by atoms with Gasteiger partial charge in [-0.1, -0.05) is 27.2 Å². The number of aliphatic hydroxyl groups excluding tert-OH is 1. The summed E-state index contributed by atoms with van der Waals surface area (Å²) < 4.78 is 12.1. The van der Waals surface area contributed by atoms with E-state index in [0.717, 1.165) is 38.5 Å². The molecule has 136 valence electrons. The predicted molar refractivity (Wildman–Crippen MR) is 89.1 cm³/mol. The number of hydrogen-bond acceptors (Lipinski definition) is 4. The summed E-state index contributed by atoms with van der Waals surface area (Å²) in [7, 11) is 0. The topological polar surface area (TPSA) is 76.0 Å². The minimum Gasteiger partial charge on any atom is -0.481 e. The monoisotopic (exact) mass is 330 g/mol. The molecule has 0 spiro atoms. The molecular formula is C18H34O5. The molecule has 2 fully saturated rings. The van der Waals surface area contributed by atoms with Gasteiger partial charge in [0.05, 0.1) is 18.8 Å². The van der Waals surface area contributed by atoms with Crippen molar-refractivity contribution in [3.05, 3.63) is 0 Å². The molecule has 5 heteroatoms. The number of hydrogen-bond donors (Lipinski definition) is 2. The summed E-state index contributed by atoms with van der Waals surface area (Å²) >= 11 is 0. The number of rotatable bonds is 4. The Labute approximate surface area is 140 Å². The molecular weight excluding hydrogens is 296 g/mol. The molecule has 0 aromatic carbocycles. The Morgan fingerprint density at radius 2 is 1.91 bits per heavy atom. The highest BCUT2D eigenvalue weighted by molar-refractivity contribution is 5.62. The van der Waals surface area contributed by atoms with Crippen molar-refractivity contribution in [3.8, 4) is 0 Å². The summed E-state index contributed by atoms with van der Waals surface area (Å²) in [6.45, 7) is 8.13. The van der Waals surface area contributed by atoms with Crippen molar-refractivity contribution >= 4 is 5.97 Å². The summed E-state index contributed by atoms with van der Waals surface area (Å²) in [4.78, 5) is 9.00. The minimum atomic E-state index is -0.833. The van der Waals surface area contributed by atoms with Gasteiger partial charge in [-0.05, 0) is 49.9 Å². The van der Waals surface area contributed by atoms with Gasteiger partial charge in [0, 0.05) is 6.92 Å². The van der Waals surface area contributed by atoms with E-state index >= 15 is 0 Å². The van der Waals surface area contributed by atoms with Crippen LogP contribution >= 0.6 is 0 Å². The highest BCUT2D eigenvalue weighted by atomic mass is 16.7. The average molecular weight is 330 g/mol. The maximum atomic E-state index is 9.22. The Kier molecular flexibility index (Phi) is 9.10. The van der Waals surface area contributed by atoms with Crippen LogP contribution in [0.4, 0.5) is 0 Å². The fourth-order valence-corrected chi connectivity index (χ4v) is 3.56. The first kappa shape index (κ1) is 20.4. The third-order valence-electron chi connectivity index (χ3n) is 4.80. The third kappa shape index (κ3) is 7.64. The van der Waals surface area contributed by atoms with E-state index in [1.165, 1.54) is 12.8 Å². The number of aliphatic hydroxyl groups is 1. The molecule has 1 saturated heterocycles.